The molecule has 0 spiro atoms. The number of ether oxygens (including phenoxy) is 2. The van der Waals surface area contributed by atoms with Gasteiger partial charge in [0.1, 0.15) is 11.5 Å². The first-order chi connectivity index (χ1) is 17.6. The Balaban J connectivity index is 1.40. The highest BCUT2D eigenvalue weighted by molar-refractivity contribution is 6.30. The number of nitrogens with one attached hydrogen (secondary N) is 1. The number of amides is 1. The lowest BCUT2D eigenvalue weighted by Gasteiger charge is -2.36. The number of fused-ring (bicyclic) bond motifs is 1. The van der Waals surface area contributed by atoms with Crippen molar-refractivity contribution < 1.29 is 14.3 Å². The summed E-state index contributed by atoms with van der Waals surface area (Å²) in [5.74, 6) is 1.40. The first-order valence-electron chi connectivity index (χ1n) is 12.1. The van der Waals surface area contributed by atoms with Gasteiger partial charge in [0, 0.05) is 72.4 Å². The van der Waals surface area contributed by atoms with E-state index in [-0.39, 0.29) is 11.8 Å². The summed E-state index contributed by atoms with van der Waals surface area (Å²) in [7, 11) is 3.29. The molecule has 4 aromatic rings. The van der Waals surface area contributed by atoms with Crippen LogP contribution in [-0.2, 0) is 4.79 Å². The maximum Gasteiger partial charge on any atom is 0.223 e. The lowest BCUT2D eigenvalue weighted by molar-refractivity contribution is -0.131. The van der Waals surface area contributed by atoms with E-state index >= 15 is 0 Å². The second-order valence-electron chi connectivity index (χ2n) is 9.04. The van der Waals surface area contributed by atoms with Gasteiger partial charge in [-0.05, 0) is 47.5 Å². The van der Waals surface area contributed by atoms with E-state index in [4.69, 9.17) is 21.1 Å². The summed E-state index contributed by atoms with van der Waals surface area (Å²) < 4.78 is 11.1. The number of piperazine rings is 1. The van der Waals surface area contributed by atoms with Crippen LogP contribution in [0, 0.1) is 0 Å². The second-order valence-corrected chi connectivity index (χ2v) is 9.48. The number of carbonyl (C=O) groups excluding carboxylic acids is 1. The van der Waals surface area contributed by atoms with E-state index in [1.54, 1.807) is 14.2 Å². The van der Waals surface area contributed by atoms with Gasteiger partial charge in [0.2, 0.25) is 5.91 Å². The van der Waals surface area contributed by atoms with E-state index in [0.29, 0.717) is 31.0 Å². The Morgan fingerprint density at radius 1 is 0.944 bits per heavy atom. The maximum atomic E-state index is 13.6. The Bertz CT molecular complexity index is 1340. The molecule has 5 rings (SSSR count). The summed E-state index contributed by atoms with van der Waals surface area (Å²) in [5.41, 5.74) is 4.22. The fourth-order valence-electron chi connectivity index (χ4n) is 5.01. The predicted molar refractivity (Wildman–Crippen MR) is 145 cm³/mol. The van der Waals surface area contributed by atoms with Crippen molar-refractivity contribution in [3.63, 3.8) is 0 Å². The molecule has 0 bridgehead atoms. The highest BCUT2D eigenvalue weighted by atomic mass is 35.5. The average molecular weight is 504 g/mol. The van der Waals surface area contributed by atoms with Crippen LogP contribution >= 0.6 is 11.6 Å². The standard InChI is InChI=1S/C29H30ClN3O3/c1-35-23-14-20(15-24(17-23)36-2)26(27-19-31-28-9-4-3-8-25(27)28)18-29(34)33-12-10-32(11-13-33)22-7-5-6-21(30)16-22/h3-9,14-17,19,26,31H,10-13,18H2,1-2H3. The van der Waals surface area contributed by atoms with Gasteiger partial charge in [-0.15, -0.1) is 0 Å². The largest absolute Gasteiger partial charge is 0.497 e. The number of methoxy groups -OCH3 is 2. The molecule has 1 aliphatic rings. The Kier molecular flexibility index (Phi) is 7.05. The Hall–Kier alpha value is -3.64. The number of anilines is 1. The molecule has 1 saturated heterocycles. The van der Waals surface area contributed by atoms with Crippen LogP contribution in [0.2, 0.25) is 5.02 Å². The minimum Gasteiger partial charge on any atom is -0.497 e. The van der Waals surface area contributed by atoms with Crippen LogP contribution in [0.1, 0.15) is 23.5 Å². The van der Waals surface area contributed by atoms with Crippen molar-refractivity contribution >= 4 is 34.1 Å². The third-order valence-electron chi connectivity index (χ3n) is 6.96. The number of halogens is 1. The number of aromatic amines is 1. The number of benzene rings is 3. The van der Waals surface area contributed by atoms with Crippen LogP contribution in [0.15, 0.2) is 72.9 Å². The van der Waals surface area contributed by atoms with Gasteiger partial charge >= 0.3 is 0 Å². The molecule has 1 fully saturated rings. The van der Waals surface area contributed by atoms with Gasteiger partial charge < -0.3 is 24.3 Å². The summed E-state index contributed by atoms with van der Waals surface area (Å²) in [6.07, 6.45) is 2.38. The number of hydrogen-bond donors (Lipinski definition) is 1. The van der Waals surface area contributed by atoms with Crippen molar-refractivity contribution in [2.24, 2.45) is 0 Å². The smallest absolute Gasteiger partial charge is 0.223 e. The molecule has 1 amide bonds. The van der Waals surface area contributed by atoms with Crippen molar-refractivity contribution in [2.45, 2.75) is 12.3 Å². The van der Waals surface area contributed by atoms with Crippen molar-refractivity contribution in [2.75, 3.05) is 45.3 Å². The van der Waals surface area contributed by atoms with E-state index in [9.17, 15) is 4.79 Å². The Morgan fingerprint density at radius 3 is 2.36 bits per heavy atom. The summed E-state index contributed by atoms with van der Waals surface area (Å²) in [6.45, 7) is 2.90. The molecule has 0 aliphatic carbocycles. The fourth-order valence-corrected chi connectivity index (χ4v) is 5.20. The number of hydrogen-bond acceptors (Lipinski definition) is 4. The van der Waals surface area contributed by atoms with Gasteiger partial charge in [0.25, 0.3) is 0 Å². The van der Waals surface area contributed by atoms with Crippen LogP contribution in [-0.4, -0.2) is 56.2 Å². The Morgan fingerprint density at radius 2 is 1.67 bits per heavy atom. The van der Waals surface area contributed by atoms with Crippen molar-refractivity contribution in [3.05, 3.63) is 89.1 Å². The van der Waals surface area contributed by atoms with Crippen LogP contribution in [0.5, 0.6) is 11.5 Å². The zero-order valence-electron chi connectivity index (χ0n) is 20.5. The molecular formula is C29H30ClN3O3. The number of rotatable bonds is 7. The van der Waals surface area contributed by atoms with Gasteiger partial charge in [-0.2, -0.15) is 0 Å². The molecule has 36 heavy (non-hydrogen) atoms. The number of nitrogens with zero attached hydrogens (tertiary/aromatic N) is 2. The average Bonchev–Trinajstić information content (AvgIpc) is 3.35. The maximum absolute atomic E-state index is 13.6. The Labute approximate surface area is 216 Å². The van der Waals surface area contributed by atoms with Crippen molar-refractivity contribution in [1.82, 2.24) is 9.88 Å². The minimum absolute atomic E-state index is 0.137. The van der Waals surface area contributed by atoms with E-state index in [1.165, 1.54) is 0 Å². The molecule has 0 radical (unpaired) electrons. The lowest BCUT2D eigenvalue weighted by Crippen LogP contribution is -2.49. The second kappa shape index (κ2) is 10.5. The van der Waals surface area contributed by atoms with Crippen LogP contribution in [0.3, 0.4) is 0 Å². The molecule has 1 aromatic heterocycles. The van der Waals surface area contributed by atoms with Crippen LogP contribution < -0.4 is 14.4 Å². The number of carbonyl (C=O) groups is 1. The SMILES string of the molecule is COc1cc(OC)cc(C(CC(=O)N2CCN(c3cccc(Cl)c3)CC2)c2c[nH]c3ccccc23)c1. The summed E-state index contributed by atoms with van der Waals surface area (Å²) >= 11 is 6.18. The first kappa shape index (κ1) is 24.1. The quantitative estimate of drug-likeness (QED) is 0.351. The van der Waals surface area contributed by atoms with Gasteiger partial charge in [-0.1, -0.05) is 35.9 Å². The number of para-hydroxylation sites is 1. The van der Waals surface area contributed by atoms with Crippen molar-refractivity contribution in [3.8, 4) is 11.5 Å². The molecule has 1 aliphatic heterocycles. The molecule has 186 valence electrons. The third-order valence-corrected chi connectivity index (χ3v) is 7.19. The van der Waals surface area contributed by atoms with Crippen molar-refractivity contribution in [1.29, 1.82) is 0 Å². The lowest BCUT2D eigenvalue weighted by atomic mass is 9.87. The normalized spacial score (nSPS) is 14.6. The molecule has 3 aromatic carbocycles. The molecule has 1 N–H and O–H groups in total. The van der Waals surface area contributed by atoms with E-state index in [0.717, 1.165) is 45.8 Å². The van der Waals surface area contributed by atoms with Crippen LogP contribution in [0.25, 0.3) is 10.9 Å². The minimum atomic E-state index is -0.149. The van der Waals surface area contributed by atoms with Gasteiger partial charge in [0.05, 0.1) is 14.2 Å². The zero-order valence-corrected chi connectivity index (χ0v) is 21.3. The van der Waals surface area contributed by atoms with Gasteiger partial charge in [-0.3, -0.25) is 4.79 Å². The molecule has 2 heterocycles. The fraction of sp³-hybridized carbons (Fsp3) is 0.276. The first-order valence-corrected chi connectivity index (χ1v) is 12.5. The highest BCUT2D eigenvalue weighted by Gasteiger charge is 2.27. The predicted octanol–water partition coefficient (Wildman–Crippen LogP) is 5.71. The molecular weight excluding hydrogens is 474 g/mol. The number of H-pyrrole nitrogens is 1. The van der Waals surface area contributed by atoms with Crippen LogP contribution in [0.4, 0.5) is 5.69 Å². The topological polar surface area (TPSA) is 57.8 Å². The van der Waals surface area contributed by atoms with E-state index in [2.05, 4.69) is 28.1 Å². The highest BCUT2D eigenvalue weighted by Crippen LogP contribution is 2.37. The van der Waals surface area contributed by atoms with E-state index in [1.807, 2.05) is 59.6 Å². The molecule has 0 saturated carbocycles. The van der Waals surface area contributed by atoms with E-state index < -0.39 is 0 Å². The monoisotopic (exact) mass is 503 g/mol. The summed E-state index contributed by atoms with van der Waals surface area (Å²) in [6, 6.07) is 21.9. The zero-order chi connectivity index (χ0) is 25.1. The molecule has 1 unspecified atom stereocenters. The van der Waals surface area contributed by atoms with Gasteiger partial charge in [-0.25, -0.2) is 0 Å². The molecule has 6 nitrogen and oxygen atoms in total. The molecule has 7 heteroatoms. The third kappa shape index (κ3) is 5.00. The number of aromatic nitrogens is 1. The summed E-state index contributed by atoms with van der Waals surface area (Å²) in [4.78, 5) is 21.3. The molecule has 1 atom stereocenters. The summed E-state index contributed by atoms with van der Waals surface area (Å²) in [5, 5.41) is 1.84. The van der Waals surface area contributed by atoms with Gasteiger partial charge in [0.15, 0.2) is 0 Å².